The van der Waals surface area contributed by atoms with Gasteiger partial charge in [-0.2, -0.15) is 0 Å². The molecule has 0 aliphatic carbocycles. The lowest BCUT2D eigenvalue weighted by Gasteiger charge is -2.27. The van der Waals surface area contributed by atoms with Gasteiger partial charge in [0.2, 0.25) is 0 Å². The number of hydrogen-bond donors (Lipinski definition) is 1. The normalized spacial score (nSPS) is 17.1. The molecule has 0 atom stereocenters. The second-order valence-electron chi connectivity index (χ2n) is 5.04. The van der Waals surface area contributed by atoms with E-state index in [9.17, 15) is 0 Å². The zero-order valence-electron chi connectivity index (χ0n) is 11.2. The highest BCUT2D eigenvalue weighted by Crippen LogP contribution is 2.19. The van der Waals surface area contributed by atoms with E-state index in [1.54, 1.807) is 0 Å². The van der Waals surface area contributed by atoms with Gasteiger partial charge in [0.05, 0.1) is 0 Å². The van der Waals surface area contributed by atoms with Gasteiger partial charge in [0.25, 0.3) is 0 Å². The molecule has 3 heteroatoms. The van der Waals surface area contributed by atoms with Crippen LogP contribution in [0.4, 0.5) is 5.69 Å². The minimum atomic E-state index is 1.08. The third-order valence-electron chi connectivity index (χ3n) is 3.36. The number of hydrogen-bond acceptors (Lipinski definition) is 3. The lowest BCUT2D eigenvalue weighted by atomic mass is 10.1. The molecule has 3 nitrogen and oxygen atoms in total. The SMILES string of the molecule is Cc1cc(CN2CCNCC2)ccc1N(C)C. The van der Waals surface area contributed by atoms with Crippen LogP contribution in [-0.4, -0.2) is 45.2 Å². The maximum Gasteiger partial charge on any atom is 0.0390 e. The Bertz CT molecular complexity index is 368. The molecule has 0 amide bonds. The number of benzene rings is 1. The van der Waals surface area contributed by atoms with Gasteiger partial charge in [-0.15, -0.1) is 0 Å². The van der Waals surface area contributed by atoms with Crippen LogP contribution < -0.4 is 10.2 Å². The van der Waals surface area contributed by atoms with E-state index in [0.717, 1.165) is 32.7 Å². The number of aryl methyl sites for hydroxylation is 1. The number of nitrogens with zero attached hydrogens (tertiary/aromatic N) is 2. The molecule has 0 saturated carbocycles. The van der Waals surface area contributed by atoms with Crippen LogP contribution in [0.2, 0.25) is 0 Å². The highest BCUT2D eigenvalue weighted by atomic mass is 15.2. The van der Waals surface area contributed by atoms with Gasteiger partial charge in [0, 0.05) is 52.5 Å². The van der Waals surface area contributed by atoms with Gasteiger partial charge in [-0.05, 0) is 24.1 Å². The lowest BCUT2D eigenvalue weighted by Crippen LogP contribution is -2.42. The summed E-state index contributed by atoms with van der Waals surface area (Å²) in [4.78, 5) is 4.69. The highest BCUT2D eigenvalue weighted by molar-refractivity contribution is 5.53. The maximum absolute atomic E-state index is 3.39. The second kappa shape index (κ2) is 5.52. The van der Waals surface area contributed by atoms with E-state index in [0.29, 0.717) is 0 Å². The molecule has 0 radical (unpaired) electrons. The van der Waals surface area contributed by atoms with Gasteiger partial charge >= 0.3 is 0 Å². The van der Waals surface area contributed by atoms with Gasteiger partial charge in [-0.1, -0.05) is 12.1 Å². The number of anilines is 1. The largest absolute Gasteiger partial charge is 0.377 e. The van der Waals surface area contributed by atoms with Crippen LogP contribution in [0.25, 0.3) is 0 Å². The fourth-order valence-corrected chi connectivity index (χ4v) is 2.45. The molecular weight excluding hydrogens is 210 g/mol. The molecule has 0 spiro atoms. The van der Waals surface area contributed by atoms with Gasteiger partial charge in [-0.3, -0.25) is 4.90 Å². The van der Waals surface area contributed by atoms with Crippen molar-refractivity contribution >= 4 is 5.69 Å². The van der Waals surface area contributed by atoms with Crippen molar-refractivity contribution in [2.75, 3.05) is 45.2 Å². The first-order valence-electron chi connectivity index (χ1n) is 6.37. The average Bonchev–Trinajstić information content (AvgIpc) is 2.30. The third kappa shape index (κ3) is 3.20. The van der Waals surface area contributed by atoms with Crippen LogP contribution in [0.5, 0.6) is 0 Å². The number of rotatable bonds is 3. The van der Waals surface area contributed by atoms with Gasteiger partial charge in [0.15, 0.2) is 0 Å². The van der Waals surface area contributed by atoms with Crippen molar-refractivity contribution in [2.45, 2.75) is 13.5 Å². The molecule has 1 aromatic rings. The molecule has 0 unspecified atom stereocenters. The Morgan fingerprint density at radius 1 is 1.24 bits per heavy atom. The Kier molecular flexibility index (Phi) is 4.02. The van der Waals surface area contributed by atoms with Gasteiger partial charge < -0.3 is 10.2 Å². The van der Waals surface area contributed by atoms with E-state index in [2.05, 4.69) is 54.3 Å². The first kappa shape index (κ1) is 12.4. The molecule has 1 fully saturated rings. The minimum absolute atomic E-state index is 1.08. The topological polar surface area (TPSA) is 18.5 Å². The summed E-state index contributed by atoms with van der Waals surface area (Å²) in [6.07, 6.45) is 0. The molecule has 1 heterocycles. The maximum atomic E-state index is 3.39. The standard InChI is InChI=1S/C14H23N3/c1-12-10-13(4-5-14(12)16(2)3)11-17-8-6-15-7-9-17/h4-5,10,15H,6-9,11H2,1-3H3. The zero-order chi connectivity index (χ0) is 12.3. The van der Waals surface area contributed by atoms with Crippen molar-refractivity contribution in [2.24, 2.45) is 0 Å². The molecule has 1 aliphatic heterocycles. The van der Waals surface area contributed by atoms with E-state index < -0.39 is 0 Å². The monoisotopic (exact) mass is 233 g/mol. The fourth-order valence-electron chi connectivity index (χ4n) is 2.45. The first-order valence-corrected chi connectivity index (χ1v) is 6.37. The molecule has 94 valence electrons. The van der Waals surface area contributed by atoms with Crippen molar-refractivity contribution < 1.29 is 0 Å². The number of nitrogens with one attached hydrogen (secondary N) is 1. The summed E-state index contributed by atoms with van der Waals surface area (Å²) in [7, 11) is 4.19. The third-order valence-corrected chi connectivity index (χ3v) is 3.36. The summed E-state index contributed by atoms with van der Waals surface area (Å²) in [5.74, 6) is 0. The molecule has 0 bridgehead atoms. The van der Waals surface area contributed by atoms with Crippen LogP contribution >= 0.6 is 0 Å². The minimum Gasteiger partial charge on any atom is -0.377 e. The summed E-state index contributed by atoms with van der Waals surface area (Å²) in [5.41, 5.74) is 4.10. The van der Waals surface area contributed by atoms with Gasteiger partial charge in [-0.25, -0.2) is 0 Å². The predicted octanol–water partition coefficient (Wildman–Crippen LogP) is 1.47. The summed E-state index contributed by atoms with van der Waals surface area (Å²) in [5, 5.41) is 3.39. The van der Waals surface area contributed by atoms with E-state index in [-0.39, 0.29) is 0 Å². The van der Waals surface area contributed by atoms with Crippen molar-refractivity contribution in [1.29, 1.82) is 0 Å². The van der Waals surface area contributed by atoms with Crippen molar-refractivity contribution in [1.82, 2.24) is 10.2 Å². The molecular formula is C14H23N3. The Morgan fingerprint density at radius 2 is 1.94 bits per heavy atom. The number of piperazine rings is 1. The van der Waals surface area contributed by atoms with E-state index in [1.807, 2.05) is 0 Å². The van der Waals surface area contributed by atoms with Crippen LogP contribution in [0.3, 0.4) is 0 Å². The Morgan fingerprint density at radius 3 is 2.53 bits per heavy atom. The zero-order valence-corrected chi connectivity index (χ0v) is 11.2. The summed E-state index contributed by atoms with van der Waals surface area (Å²) in [6.45, 7) is 7.83. The van der Waals surface area contributed by atoms with Crippen LogP contribution in [0.15, 0.2) is 18.2 Å². The molecule has 1 aliphatic rings. The average molecular weight is 233 g/mol. The summed E-state index contributed by atoms with van der Waals surface area (Å²) >= 11 is 0. The quantitative estimate of drug-likeness (QED) is 0.853. The Labute approximate surface area is 104 Å². The molecule has 2 rings (SSSR count). The molecule has 1 N–H and O–H groups in total. The smallest absolute Gasteiger partial charge is 0.0390 e. The van der Waals surface area contributed by atoms with Crippen LogP contribution in [0.1, 0.15) is 11.1 Å². The molecule has 1 saturated heterocycles. The molecule has 1 aromatic carbocycles. The Balaban J connectivity index is 2.04. The van der Waals surface area contributed by atoms with Crippen molar-refractivity contribution in [3.05, 3.63) is 29.3 Å². The van der Waals surface area contributed by atoms with Crippen molar-refractivity contribution in [3.8, 4) is 0 Å². The van der Waals surface area contributed by atoms with E-state index in [4.69, 9.17) is 0 Å². The fraction of sp³-hybridized carbons (Fsp3) is 0.571. The van der Waals surface area contributed by atoms with E-state index >= 15 is 0 Å². The summed E-state index contributed by atoms with van der Waals surface area (Å²) in [6, 6.07) is 6.80. The first-order chi connectivity index (χ1) is 8.16. The van der Waals surface area contributed by atoms with Gasteiger partial charge in [0.1, 0.15) is 0 Å². The summed E-state index contributed by atoms with van der Waals surface area (Å²) < 4.78 is 0. The Hall–Kier alpha value is -1.06. The van der Waals surface area contributed by atoms with Crippen LogP contribution in [0, 0.1) is 6.92 Å². The molecule has 0 aromatic heterocycles. The van der Waals surface area contributed by atoms with Crippen LogP contribution in [-0.2, 0) is 6.54 Å². The lowest BCUT2D eigenvalue weighted by molar-refractivity contribution is 0.233. The second-order valence-corrected chi connectivity index (χ2v) is 5.04. The molecule has 17 heavy (non-hydrogen) atoms. The predicted molar refractivity (Wildman–Crippen MR) is 73.7 cm³/mol. The van der Waals surface area contributed by atoms with Crippen molar-refractivity contribution in [3.63, 3.8) is 0 Å². The van der Waals surface area contributed by atoms with E-state index in [1.165, 1.54) is 16.8 Å². The highest BCUT2D eigenvalue weighted by Gasteiger charge is 2.10.